The topological polar surface area (TPSA) is 29.3 Å². The number of aromatic nitrogens is 1. The summed E-state index contributed by atoms with van der Waals surface area (Å²) in [6.45, 7) is 4.26. The van der Waals surface area contributed by atoms with Crippen molar-refractivity contribution >= 4 is 16.8 Å². The molecule has 1 saturated heterocycles. The highest BCUT2D eigenvalue weighted by Crippen LogP contribution is 2.28. The van der Waals surface area contributed by atoms with Crippen LogP contribution in [0.5, 0.6) is 0 Å². The van der Waals surface area contributed by atoms with Crippen molar-refractivity contribution in [3.63, 3.8) is 0 Å². The summed E-state index contributed by atoms with van der Waals surface area (Å²) in [6, 6.07) is 4.00. The number of fused-ring (bicyclic) bond motifs is 1. The molecule has 1 aliphatic rings. The van der Waals surface area contributed by atoms with Crippen molar-refractivity contribution in [2.24, 2.45) is 0 Å². The first-order valence-electron chi connectivity index (χ1n) is 5.44. The van der Waals surface area contributed by atoms with Gasteiger partial charge in [-0.15, -0.1) is 0 Å². The van der Waals surface area contributed by atoms with E-state index in [9.17, 15) is 0 Å². The van der Waals surface area contributed by atoms with Gasteiger partial charge in [0.15, 0.2) is 0 Å². The maximum absolute atomic E-state index is 5.43. The second-order valence-electron chi connectivity index (χ2n) is 4.11. The lowest BCUT2D eigenvalue weighted by molar-refractivity contribution is 0.615. The smallest absolute Gasteiger partial charge is 0.140 e. The number of rotatable bonds is 1. The summed E-state index contributed by atoms with van der Waals surface area (Å²) in [7, 11) is 0. The van der Waals surface area contributed by atoms with Gasteiger partial charge in [0, 0.05) is 24.8 Å². The van der Waals surface area contributed by atoms with Crippen molar-refractivity contribution in [3.05, 3.63) is 24.1 Å². The first-order chi connectivity index (χ1) is 7.34. The van der Waals surface area contributed by atoms with Gasteiger partial charge in [-0.05, 0) is 25.8 Å². The lowest BCUT2D eigenvalue weighted by Gasteiger charge is -2.17. The van der Waals surface area contributed by atoms with Crippen LogP contribution in [0, 0.1) is 6.92 Å². The Labute approximate surface area is 88.7 Å². The lowest BCUT2D eigenvalue weighted by Crippen LogP contribution is -2.19. The first kappa shape index (κ1) is 8.77. The van der Waals surface area contributed by atoms with Gasteiger partial charge in [-0.2, -0.15) is 0 Å². The van der Waals surface area contributed by atoms with Crippen molar-refractivity contribution in [1.82, 2.24) is 4.98 Å². The minimum absolute atomic E-state index is 0.949. The number of pyridine rings is 1. The molecule has 2 aromatic heterocycles. The van der Waals surface area contributed by atoms with Crippen LogP contribution in [0.1, 0.15) is 18.5 Å². The Morgan fingerprint density at radius 2 is 2.13 bits per heavy atom. The molecule has 78 valence electrons. The molecule has 0 bridgehead atoms. The van der Waals surface area contributed by atoms with Crippen LogP contribution < -0.4 is 4.90 Å². The van der Waals surface area contributed by atoms with Crippen molar-refractivity contribution in [3.8, 4) is 0 Å². The van der Waals surface area contributed by atoms with Crippen LogP contribution in [0.15, 0.2) is 22.8 Å². The molecule has 0 unspecified atom stereocenters. The van der Waals surface area contributed by atoms with E-state index in [1.165, 1.54) is 12.8 Å². The Hall–Kier alpha value is -1.51. The highest BCUT2D eigenvalue weighted by Gasteiger charge is 2.17. The van der Waals surface area contributed by atoms with Crippen LogP contribution in [0.3, 0.4) is 0 Å². The predicted octanol–water partition coefficient (Wildman–Crippen LogP) is 2.74. The third-order valence-corrected chi connectivity index (χ3v) is 2.96. The first-order valence-corrected chi connectivity index (χ1v) is 5.44. The molecule has 3 heterocycles. The van der Waals surface area contributed by atoms with Crippen molar-refractivity contribution in [2.75, 3.05) is 18.0 Å². The molecule has 0 aliphatic carbocycles. The Bertz CT molecular complexity index is 483. The van der Waals surface area contributed by atoms with Crippen LogP contribution in [0.25, 0.3) is 11.0 Å². The van der Waals surface area contributed by atoms with Gasteiger partial charge in [-0.1, -0.05) is 0 Å². The third-order valence-electron chi connectivity index (χ3n) is 2.96. The quantitative estimate of drug-likeness (QED) is 0.712. The van der Waals surface area contributed by atoms with Gasteiger partial charge in [0.1, 0.15) is 11.4 Å². The van der Waals surface area contributed by atoms with Crippen LogP contribution in [-0.2, 0) is 0 Å². The SMILES string of the molecule is Cc1cc2occc2c(N2CCCC2)n1. The van der Waals surface area contributed by atoms with Gasteiger partial charge in [0.2, 0.25) is 0 Å². The normalized spacial score (nSPS) is 16.5. The molecule has 0 N–H and O–H groups in total. The third kappa shape index (κ3) is 1.39. The maximum atomic E-state index is 5.43. The summed E-state index contributed by atoms with van der Waals surface area (Å²) < 4.78 is 5.43. The minimum atomic E-state index is 0.949. The highest BCUT2D eigenvalue weighted by molar-refractivity contribution is 5.89. The lowest BCUT2D eigenvalue weighted by atomic mass is 10.2. The van der Waals surface area contributed by atoms with E-state index in [-0.39, 0.29) is 0 Å². The van der Waals surface area contributed by atoms with Gasteiger partial charge < -0.3 is 9.32 Å². The Morgan fingerprint density at radius 1 is 1.33 bits per heavy atom. The molecular formula is C12H14N2O. The number of hydrogen-bond acceptors (Lipinski definition) is 3. The van der Waals surface area contributed by atoms with E-state index >= 15 is 0 Å². The highest BCUT2D eigenvalue weighted by atomic mass is 16.3. The second-order valence-corrected chi connectivity index (χ2v) is 4.11. The fraction of sp³-hybridized carbons (Fsp3) is 0.417. The van der Waals surface area contributed by atoms with Crippen LogP contribution in [0.2, 0.25) is 0 Å². The van der Waals surface area contributed by atoms with Gasteiger partial charge in [0.05, 0.1) is 11.6 Å². The molecular weight excluding hydrogens is 188 g/mol. The molecule has 2 aromatic rings. The fourth-order valence-corrected chi connectivity index (χ4v) is 2.24. The summed E-state index contributed by atoms with van der Waals surface area (Å²) in [5.74, 6) is 1.09. The Kier molecular flexibility index (Phi) is 1.91. The minimum Gasteiger partial charge on any atom is -0.464 e. The fourth-order valence-electron chi connectivity index (χ4n) is 2.24. The maximum Gasteiger partial charge on any atom is 0.140 e. The van der Waals surface area contributed by atoms with E-state index < -0.39 is 0 Å². The van der Waals surface area contributed by atoms with Crippen molar-refractivity contribution < 1.29 is 4.42 Å². The van der Waals surface area contributed by atoms with Crippen molar-refractivity contribution in [2.45, 2.75) is 19.8 Å². The molecule has 0 aromatic carbocycles. The van der Waals surface area contributed by atoms with Gasteiger partial charge >= 0.3 is 0 Å². The molecule has 3 heteroatoms. The van der Waals surface area contributed by atoms with E-state index in [0.717, 1.165) is 35.6 Å². The zero-order valence-corrected chi connectivity index (χ0v) is 8.86. The van der Waals surface area contributed by atoms with E-state index in [4.69, 9.17) is 4.42 Å². The number of aryl methyl sites for hydroxylation is 1. The van der Waals surface area contributed by atoms with E-state index in [1.807, 2.05) is 19.1 Å². The molecule has 0 radical (unpaired) electrons. The van der Waals surface area contributed by atoms with Crippen LogP contribution >= 0.6 is 0 Å². The molecule has 3 rings (SSSR count). The number of anilines is 1. The molecule has 15 heavy (non-hydrogen) atoms. The molecule has 1 fully saturated rings. The molecule has 3 nitrogen and oxygen atoms in total. The molecule has 1 aliphatic heterocycles. The molecule has 0 saturated carbocycles. The van der Waals surface area contributed by atoms with Crippen LogP contribution in [0.4, 0.5) is 5.82 Å². The summed E-state index contributed by atoms with van der Waals surface area (Å²) in [5, 5.41) is 1.14. The average molecular weight is 202 g/mol. The predicted molar refractivity (Wildman–Crippen MR) is 60.2 cm³/mol. The number of nitrogens with zero attached hydrogens (tertiary/aromatic N) is 2. The average Bonchev–Trinajstić information content (AvgIpc) is 2.86. The standard InChI is InChI=1S/C12H14N2O/c1-9-8-11-10(4-7-15-11)12(13-9)14-5-2-3-6-14/h4,7-8H,2-3,5-6H2,1H3. The zero-order chi connectivity index (χ0) is 10.3. The summed E-state index contributed by atoms with van der Waals surface area (Å²) >= 11 is 0. The Morgan fingerprint density at radius 3 is 2.93 bits per heavy atom. The molecule has 0 amide bonds. The zero-order valence-electron chi connectivity index (χ0n) is 8.86. The van der Waals surface area contributed by atoms with E-state index in [1.54, 1.807) is 6.26 Å². The summed E-state index contributed by atoms with van der Waals surface area (Å²) in [4.78, 5) is 6.97. The number of furan rings is 1. The van der Waals surface area contributed by atoms with Gasteiger partial charge in [-0.25, -0.2) is 4.98 Å². The monoisotopic (exact) mass is 202 g/mol. The van der Waals surface area contributed by atoms with Crippen LogP contribution in [-0.4, -0.2) is 18.1 Å². The van der Waals surface area contributed by atoms with E-state index in [2.05, 4.69) is 9.88 Å². The van der Waals surface area contributed by atoms with Gasteiger partial charge in [0.25, 0.3) is 0 Å². The number of hydrogen-bond donors (Lipinski definition) is 0. The second kappa shape index (κ2) is 3.26. The molecule has 0 spiro atoms. The Balaban J connectivity index is 2.18. The summed E-state index contributed by atoms with van der Waals surface area (Å²) in [6.07, 6.45) is 4.29. The van der Waals surface area contributed by atoms with E-state index in [0.29, 0.717) is 0 Å². The molecule has 0 atom stereocenters. The van der Waals surface area contributed by atoms with Crippen molar-refractivity contribution in [1.29, 1.82) is 0 Å². The summed E-state index contributed by atoms with van der Waals surface area (Å²) in [5.41, 5.74) is 1.98. The van der Waals surface area contributed by atoms with Gasteiger partial charge in [-0.3, -0.25) is 0 Å². The largest absolute Gasteiger partial charge is 0.464 e.